The van der Waals surface area contributed by atoms with Gasteiger partial charge in [-0.1, -0.05) is 103 Å². The minimum absolute atomic E-state index is 0.261. The van der Waals surface area contributed by atoms with Gasteiger partial charge in [0.15, 0.2) is 7.14 Å². The molecule has 0 fully saturated rings. The first kappa shape index (κ1) is 16.5. The lowest BCUT2D eigenvalue weighted by Gasteiger charge is -2.27. The van der Waals surface area contributed by atoms with E-state index in [-0.39, 0.29) is 5.92 Å². The molecule has 0 saturated heterocycles. The molecule has 3 aromatic carbocycles. The van der Waals surface area contributed by atoms with Crippen LogP contribution < -0.4 is 10.6 Å². The van der Waals surface area contributed by atoms with Crippen molar-refractivity contribution >= 4 is 23.3 Å². The number of hydrogen-bond acceptors (Lipinski definition) is 1. The summed E-state index contributed by atoms with van der Waals surface area (Å²) < 4.78 is 14.9. The Hall–Kier alpha value is -2.63. The summed E-state index contributed by atoms with van der Waals surface area (Å²) in [7, 11) is -2.91. The van der Waals surface area contributed by atoms with Crippen molar-refractivity contribution in [3.63, 3.8) is 0 Å². The van der Waals surface area contributed by atoms with Crippen molar-refractivity contribution < 1.29 is 4.57 Å². The van der Waals surface area contributed by atoms with E-state index in [9.17, 15) is 4.57 Å². The van der Waals surface area contributed by atoms with Gasteiger partial charge in [-0.15, -0.1) is 0 Å². The van der Waals surface area contributed by atoms with Gasteiger partial charge in [-0.05, 0) is 17.6 Å². The van der Waals surface area contributed by atoms with Gasteiger partial charge in [-0.2, -0.15) is 0 Å². The second-order valence-corrected chi connectivity index (χ2v) is 10.0. The van der Waals surface area contributed by atoms with Gasteiger partial charge in [-0.25, -0.2) is 0 Å². The molecule has 1 nitrogen and oxygen atoms in total. The van der Waals surface area contributed by atoms with Gasteiger partial charge in [0.2, 0.25) is 0 Å². The largest absolute Gasteiger partial charge is 0.309 e. The molecule has 2 bridgehead atoms. The third-order valence-corrected chi connectivity index (χ3v) is 9.05. The van der Waals surface area contributed by atoms with Crippen molar-refractivity contribution in [3.8, 4) is 0 Å². The molecular weight excluding hydrogens is 347 g/mol. The van der Waals surface area contributed by atoms with Crippen LogP contribution in [-0.4, -0.2) is 0 Å². The summed E-state index contributed by atoms with van der Waals surface area (Å²) in [6.45, 7) is 0. The van der Waals surface area contributed by atoms with Gasteiger partial charge >= 0.3 is 0 Å². The minimum Gasteiger partial charge on any atom is -0.309 e. The Morgan fingerprint density at radius 1 is 0.630 bits per heavy atom. The number of rotatable bonds is 4. The molecule has 5 rings (SSSR count). The second-order valence-electron chi connectivity index (χ2n) is 7.28. The zero-order valence-corrected chi connectivity index (χ0v) is 15.9. The van der Waals surface area contributed by atoms with Crippen LogP contribution in [0.4, 0.5) is 0 Å². The average molecular weight is 368 g/mol. The van der Waals surface area contributed by atoms with Crippen LogP contribution in [0.15, 0.2) is 108 Å². The highest BCUT2D eigenvalue weighted by Gasteiger charge is 2.45. The summed E-state index contributed by atoms with van der Waals surface area (Å²) in [6, 6.07) is 30.6. The number of allylic oxidation sites excluding steroid dienone is 4. The SMILES string of the molecule is O=P(C1=C(c2ccccc2)C2C=CC1C2)(c1ccccc1)c1ccccc1. The van der Waals surface area contributed by atoms with E-state index in [0.29, 0.717) is 5.92 Å². The highest BCUT2D eigenvalue weighted by molar-refractivity contribution is 7.82. The van der Waals surface area contributed by atoms with Crippen LogP contribution in [0.25, 0.3) is 5.57 Å². The van der Waals surface area contributed by atoms with Crippen LogP contribution in [0.5, 0.6) is 0 Å². The van der Waals surface area contributed by atoms with Gasteiger partial charge in [-0.3, -0.25) is 0 Å². The lowest BCUT2D eigenvalue weighted by molar-refractivity contribution is 0.587. The molecule has 0 N–H and O–H groups in total. The number of benzene rings is 3. The van der Waals surface area contributed by atoms with Crippen molar-refractivity contribution in [2.45, 2.75) is 6.42 Å². The predicted octanol–water partition coefficient (Wildman–Crippen LogP) is 5.62. The molecule has 0 saturated carbocycles. The molecule has 0 aromatic heterocycles. The molecule has 2 unspecified atom stereocenters. The fourth-order valence-electron chi connectivity index (χ4n) is 4.59. The summed E-state index contributed by atoms with van der Waals surface area (Å²) in [6.07, 6.45) is 5.62. The molecule has 0 radical (unpaired) electrons. The first-order valence-electron chi connectivity index (χ1n) is 9.48. The summed E-state index contributed by atoms with van der Waals surface area (Å²) in [5.41, 5.74) is 2.48. The third-order valence-electron chi connectivity index (χ3n) is 5.75. The van der Waals surface area contributed by atoms with E-state index < -0.39 is 7.14 Å². The molecule has 2 atom stereocenters. The maximum Gasteiger partial charge on any atom is 0.168 e. The predicted molar refractivity (Wildman–Crippen MR) is 114 cm³/mol. The van der Waals surface area contributed by atoms with Crippen molar-refractivity contribution in [3.05, 3.63) is 114 Å². The molecule has 132 valence electrons. The standard InChI is InChI=1S/C25H21OP/c26-27(22-12-6-2-7-13-22,23-14-8-3-9-15-23)25-21-17-16-20(18-21)24(25)19-10-4-1-5-11-19/h1-17,20-21H,18H2. The zero-order valence-electron chi connectivity index (χ0n) is 15.0. The Morgan fingerprint density at radius 2 is 1.11 bits per heavy atom. The van der Waals surface area contributed by atoms with Gasteiger partial charge < -0.3 is 4.57 Å². The Kier molecular flexibility index (Phi) is 3.99. The molecule has 2 aliphatic rings. The van der Waals surface area contributed by atoms with Crippen molar-refractivity contribution in [1.82, 2.24) is 0 Å². The van der Waals surface area contributed by atoms with Crippen LogP contribution in [-0.2, 0) is 4.57 Å². The second kappa shape index (κ2) is 6.51. The Morgan fingerprint density at radius 3 is 1.67 bits per heavy atom. The Bertz CT molecular complexity index is 1020. The lowest BCUT2D eigenvalue weighted by atomic mass is 9.95. The molecule has 0 spiro atoms. The van der Waals surface area contributed by atoms with Crippen molar-refractivity contribution in [1.29, 1.82) is 0 Å². The van der Waals surface area contributed by atoms with Crippen molar-refractivity contribution in [2.24, 2.45) is 11.8 Å². The first-order valence-corrected chi connectivity index (χ1v) is 11.2. The van der Waals surface area contributed by atoms with E-state index >= 15 is 0 Å². The highest BCUT2D eigenvalue weighted by Crippen LogP contribution is 2.65. The highest BCUT2D eigenvalue weighted by atomic mass is 31.2. The van der Waals surface area contributed by atoms with Gasteiger partial charge in [0.05, 0.1) is 0 Å². The topological polar surface area (TPSA) is 17.1 Å². The fourth-order valence-corrected chi connectivity index (χ4v) is 7.92. The molecule has 3 aromatic rings. The Balaban J connectivity index is 1.82. The maximum atomic E-state index is 14.9. The van der Waals surface area contributed by atoms with Crippen LogP contribution >= 0.6 is 7.14 Å². The van der Waals surface area contributed by atoms with E-state index in [1.165, 1.54) is 11.1 Å². The van der Waals surface area contributed by atoms with Gasteiger partial charge in [0.25, 0.3) is 0 Å². The van der Waals surface area contributed by atoms with Crippen LogP contribution in [0.2, 0.25) is 0 Å². The normalized spacial score (nSPS) is 21.0. The number of hydrogen-bond donors (Lipinski definition) is 0. The van der Waals surface area contributed by atoms with Gasteiger partial charge in [0, 0.05) is 27.8 Å². The Labute approximate surface area is 160 Å². The quantitative estimate of drug-likeness (QED) is 0.432. The molecule has 2 aliphatic carbocycles. The fraction of sp³-hybridized carbons (Fsp3) is 0.120. The molecule has 2 heteroatoms. The molecule has 0 heterocycles. The summed E-state index contributed by atoms with van der Waals surface area (Å²) in [5.74, 6) is 0.629. The van der Waals surface area contributed by atoms with E-state index in [1.54, 1.807) is 0 Å². The smallest absolute Gasteiger partial charge is 0.168 e. The van der Waals surface area contributed by atoms with Crippen molar-refractivity contribution in [2.75, 3.05) is 0 Å². The molecule has 0 amide bonds. The van der Waals surface area contributed by atoms with E-state index in [1.807, 2.05) is 66.7 Å². The maximum absolute atomic E-state index is 14.9. The summed E-state index contributed by atoms with van der Waals surface area (Å²) in [4.78, 5) is 0. The van der Waals surface area contributed by atoms with E-state index in [4.69, 9.17) is 0 Å². The summed E-state index contributed by atoms with van der Waals surface area (Å²) >= 11 is 0. The van der Waals surface area contributed by atoms with E-state index in [0.717, 1.165) is 22.3 Å². The molecule has 0 aliphatic heterocycles. The minimum atomic E-state index is -2.91. The average Bonchev–Trinajstić information content (AvgIpc) is 3.37. The number of fused-ring (bicyclic) bond motifs is 2. The zero-order chi connectivity index (χ0) is 18.3. The summed E-state index contributed by atoms with van der Waals surface area (Å²) in [5, 5.41) is 3.00. The molecular formula is C25H21OP. The monoisotopic (exact) mass is 368 g/mol. The molecule has 27 heavy (non-hydrogen) atoms. The van der Waals surface area contributed by atoms with Crippen LogP contribution in [0.3, 0.4) is 0 Å². The first-order chi connectivity index (χ1) is 13.3. The van der Waals surface area contributed by atoms with Crippen LogP contribution in [0.1, 0.15) is 12.0 Å². The third kappa shape index (κ3) is 2.58. The van der Waals surface area contributed by atoms with E-state index in [2.05, 4.69) is 36.4 Å². The van der Waals surface area contributed by atoms with Crippen LogP contribution in [0, 0.1) is 11.8 Å². The lowest BCUT2D eigenvalue weighted by Crippen LogP contribution is -2.20. The van der Waals surface area contributed by atoms with Gasteiger partial charge in [0.1, 0.15) is 0 Å².